The number of methoxy groups -OCH3 is 1. The quantitative estimate of drug-likeness (QED) is 0.860. The second-order valence-corrected chi connectivity index (χ2v) is 5.78. The van der Waals surface area contributed by atoms with Gasteiger partial charge in [-0.3, -0.25) is 4.79 Å². The monoisotopic (exact) mass is 292 g/mol. The Morgan fingerprint density at radius 1 is 1.55 bits per heavy atom. The average Bonchev–Trinajstić information content (AvgIpc) is 2.94. The molecule has 0 radical (unpaired) electrons. The first-order valence-corrected chi connectivity index (χ1v) is 7.69. The summed E-state index contributed by atoms with van der Waals surface area (Å²) in [5, 5.41) is 1.91. The molecule has 2 rings (SSSR count). The number of hydrogen-bond acceptors (Lipinski definition) is 4. The van der Waals surface area contributed by atoms with E-state index in [0.717, 1.165) is 43.0 Å². The van der Waals surface area contributed by atoms with Gasteiger partial charge in [-0.15, -0.1) is 11.3 Å². The molecule has 0 saturated carbocycles. The third-order valence-corrected chi connectivity index (χ3v) is 4.39. The summed E-state index contributed by atoms with van der Waals surface area (Å²) in [4.78, 5) is 15.2. The SMILES string of the molecule is COCC1CCN(C(=O)c2sccc2C#CCN)CC1. The van der Waals surface area contributed by atoms with Crippen molar-refractivity contribution in [3.63, 3.8) is 0 Å². The smallest absolute Gasteiger partial charge is 0.265 e. The zero-order valence-electron chi connectivity index (χ0n) is 11.7. The van der Waals surface area contributed by atoms with E-state index in [4.69, 9.17) is 10.5 Å². The summed E-state index contributed by atoms with van der Waals surface area (Å²) in [7, 11) is 1.73. The number of ether oxygens (including phenoxy) is 1. The van der Waals surface area contributed by atoms with Gasteiger partial charge in [0.05, 0.1) is 6.54 Å². The molecule has 0 spiro atoms. The van der Waals surface area contributed by atoms with Crippen LogP contribution in [-0.2, 0) is 4.74 Å². The highest BCUT2D eigenvalue weighted by atomic mass is 32.1. The fraction of sp³-hybridized carbons (Fsp3) is 0.533. The maximum Gasteiger partial charge on any atom is 0.265 e. The lowest BCUT2D eigenvalue weighted by Crippen LogP contribution is -2.39. The highest BCUT2D eigenvalue weighted by Crippen LogP contribution is 2.23. The van der Waals surface area contributed by atoms with Gasteiger partial charge in [0.1, 0.15) is 4.88 Å². The van der Waals surface area contributed by atoms with Gasteiger partial charge in [0.15, 0.2) is 0 Å². The Bertz CT molecular complexity index is 507. The zero-order valence-corrected chi connectivity index (χ0v) is 12.5. The maximum atomic E-state index is 12.5. The van der Waals surface area contributed by atoms with E-state index < -0.39 is 0 Å². The number of piperidine rings is 1. The van der Waals surface area contributed by atoms with Gasteiger partial charge < -0.3 is 15.4 Å². The predicted octanol–water partition coefficient (Wildman–Crippen LogP) is 1.56. The molecule has 1 aromatic heterocycles. The molecule has 1 aromatic rings. The molecule has 1 fully saturated rings. The van der Waals surface area contributed by atoms with Gasteiger partial charge in [0, 0.05) is 32.4 Å². The van der Waals surface area contributed by atoms with Gasteiger partial charge in [-0.25, -0.2) is 0 Å². The van der Waals surface area contributed by atoms with E-state index in [-0.39, 0.29) is 5.91 Å². The Labute approximate surface area is 123 Å². The summed E-state index contributed by atoms with van der Waals surface area (Å²) < 4.78 is 5.18. The van der Waals surface area contributed by atoms with Crippen molar-refractivity contribution in [1.29, 1.82) is 0 Å². The summed E-state index contributed by atoms with van der Waals surface area (Å²) in [5.74, 6) is 6.45. The topological polar surface area (TPSA) is 55.6 Å². The normalized spacial score (nSPS) is 15.8. The lowest BCUT2D eigenvalue weighted by atomic mass is 9.97. The molecule has 2 heterocycles. The summed E-state index contributed by atoms with van der Waals surface area (Å²) in [6.45, 7) is 2.70. The van der Waals surface area contributed by atoms with Crippen LogP contribution in [-0.4, -0.2) is 44.2 Å². The number of nitrogens with zero attached hydrogens (tertiary/aromatic N) is 1. The lowest BCUT2D eigenvalue weighted by Gasteiger charge is -2.31. The number of thiophene rings is 1. The van der Waals surface area contributed by atoms with Crippen molar-refractivity contribution >= 4 is 17.2 Å². The highest BCUT2D eigenvalue weighted by molar-refractivity contribution is 7.12. The number of carbonyl (C=O) groups excluding carboxylic acids is 1. The van der Waals surface area contributed by atoms with Gasteiger partial charge in [-0.2, -0.15) is 0 Å². The molecule has 20 heavy (non-hydrogen) atoms. The van der Waals surface area contributed by atoms with Gasteiger partial charge in [-0.05, 0) is 30.2 Å². The molecule has 0 aromatic carbocycles. The fourth-order valence-electron chi connectivity index (χ4n) is 2.40. The van der Waals surface area contributed by atoms with Crippen LogP contribution in [0.2, 0.25) is 0 Å². The van der Waals surface area contributed by atoms with Gasteiger partial charge in [0.2, 0.25) is 0 Å². The largest absolute Gasteiger partial charge is 0.384 e. The molecule has 0 bridgehead atoms. The molecule has 1 aliphatic heterocycles. The number of likely N-dealkylation sites (tertiary alicyclic amines) is 1. The van der Waals surface area contributed by atoms with E-state index in [1.807, 2.05) is 16.3 Å². The van der Waals surface area contributed by atoms with Crippen LogP contribution >= 0.6 is 11.3 Å². The molecule has 1 amide bonds. The molecule has 0 aliphatic carbocycles. The maximum absolute atomic E-state index is 12.5. The van der Waals surface area contributed by atoms with Crippen molar-refractivity contribution in [2.75, 3.05) is 33.4 Å². The standard InChI is InChI=1S/C15H20N2O2S/c1-19-11-12-4-8-17(9-5-12)15(18)14-13(3-2-7-16)6-10-20-14/h6,10,12H,4-5,7-9,11,16H2,1H3. The summed E-state index contributed by atoms with van der Waals surface area (Å²) >= 11 is 1.45. The highest BCUT2D eigenvalue weighted by Gasteiger charge is 2.25. The minimum atomic E-state index is 0.0946. The zero-order chi connectivity index (χ0) is 14.4. The lowest BCUT2D eigenvalue weighted by molar-refractivity contribution is 0.0618. The van der Waals surface area contributed by atoms with Crippen molar-refractivity contribution in [2.45, 2.75) is 12.8 Å². The van der Waals surface area contributed by atoms with E-state index in [0.29, 0.717) is 12.5 Å². The first-order chi connectivity index (χ1) is 9.76. The minimum Gasteiger partial charge on any atom is -0.384 e. The Hall–Kier alpha value is -1.35. The molecular weight excluding hydrogens is 272 g/mol. The first kappa shape index (κ1) is 15.0. The molecule has 108 valence electrons. The van der Waals surface area contributed by atoms with Crippen molar-refractivity contribution < 1.29 is 9.53 Å². The number of hydrogen-bond donors (Lipinski definition) is 1. The number of amides is 1. The molecule has 1 aliphatic rings. The van der Waals surface area contributed by atoms with Gasteiger partial charge in [-0.1, -0.05) is 11.8 Å². The second kappa shape index (κ2) is 7.44. The van der Waals surface area contributed by atoms with Crippen LogP contribution < -0.4 is 5.73 Å². The molecule has 2 N–H and O–H groups in total. The molecule has 4 nitrogen and oxygen atoms in total. The molecule has 0 atom stereocenters. The Kier molecular flexibility index (Phi) is 5.60. The van der Waals surface area contributed by atoms with Crippen LogP contribution in [0.4, 0.5) is 0 Å². The summed E-state index contributed by atoms with van der Waals surface area (Å²) in [5.41, 5.74) is 6.18. The first-order valence-electron chi connectivity index (χ1n) is 6.81. The van der Waals surface area contributed by atoms with Crippen LogP contribution in [0.25, 0.3) is 0 Å². The van der Waals surface area contributed by atoms with Crippen LogP contribution in [0.5, 0.6) is 0 Å². The van der Waals surface area contributed by atoms with Crippen molar-refractivity contribution in [2.24, 2.45) is 11.7 Å². The van der Waals surface area contributed by atoms with E-state index in [2.05, 4.69) is 11.8 Å². The van der Waals surface area contributed by atoms with Crippen molar-refractivity contribution in [1.82, 2.24) is 4.90 Å². The molecule has 0 unspecified atom stereocenters. The van der Waals surface area contributed by atoms with E-state index in [1.165, 1.54) is 11.3 Å². The fourth-order valence-corrected chi connectivity index (χ4v) is 3.22. The Morgan fingerprint density at radius 2 is 2.30 bits per heavy atom. The van der Waals surface area contributed by atoms with Crippen molar-refractivity contribution in [3.05, 3.63) is 21.9 Å². The van der Waals surface area contributed by atoms with E-state index >= 15 is 0 Å². The average molecular weight is 292 g/mol. The third kappa shape index (κ3) is 3.60. The second-order valence-electron chi connectivity index (χ2n) is 4.86. The number of nitrogens with two attached hydrogens (primary N) is 1. The van der Waals surface area contributed by atoms with E-state index in [1.54, 1.807) is 7.11 Å². The van der Waals surface area contributed by atoms with Crippen LogP contribution in [0.1, 0.15) is 28.1 Å². The van der Waals surface area contributed by atoms with Crippen LogP contribution in [0.15, 0.2) is 11.4 Å². The Morgan fingerprint density at radius 3 is 2.95 bits per heavy atom. The van der Waals surface area contributed by atoms with Crippen LogP contribution in [0, 0.1) is 17.8 Å². The molecule has 5 heteroatoms. The summed E-state index contributed by atoms with van der Waals surface area (Å²) in [6.07, 6.45) is 2.02. The van der Waals surface area contributed by atoms with Gasteiger partial charge in [0.25, 0.3) is 5.91 Å². The predicted molar refractivity (Wildman–Crippen MR) is 80.8 cm³/mol. The minimum absolute atomic E-state index is 0.0946. The number of carbonyl (C=O) groups is 1. The number of rotatable bonds is 3. The summed E-state index contributed by atoms with van der Waals surface area (Å²) in [6, 6.07) is 1.89. The molecule has 1 saturated heterocycles. The third-order valence-electron chi connectivity index (χ3n) is 3.49. The van der Waals surface area contributed by atoms with E-state index in [9.17, 15) is 4.79 Å². The van der Waals surface area contributed by atoms with Gasteiger partial charge >= 0.3 is 0 Å². The van der Waals surface area contributed by atoms with Crippen molar-refractivity contribution in [3.8, 4) is 11.8 Å². The molecular formula is C15H20N2O2S. The van der Waals surface area contributed by atoms with Crippen LogP contribution in [0.3, 0.4) is 0 Å². The Balaban J connectivity index is 2.00.